The van der Waals surface area contributed by atoms with E-state index in [2.05, 4.69) is 10.3 Å². The number of hydrogen-bond acceptors (Lipinski definition) is 4. The highest BCUT2D eigenvalue weighted by Crippen LogP contribution is 2.24. The molecule has 0 unspecified atom stereocenters. The smallest absolute Gasteiger partial charge is 0.223 e. The van der Waals surface area contributed by atoms with Gasteiger partial charge in [0.1, 0.15) is 5.82 Å². The van der Waals surface area contributed by atoms with Crippen LogP contribution in [0.1, 0.15) is 29.8 Å². The minimum atomic E-state index is -3.49. The summed E-state index contributed by atoms with van der Waals surface area (Å²) in [6.07, 6.45) is 4.64. The van der Waals surface area contributed by atoms with Gasteiger partial charge < -0.3 is 9.88 Å². The highest BCUT2D eigenvalue weighted by atomic mass is 35.5. The van der Waals surface area contributed by atoms with E-state index in [4.69, 9.17) is 11.6 Å². The molecular weight excluding hydrogens is 460 g/mol. The minimum Gasteiger partial charge on any atom is -0.352 e. The SMILES string of the molecule is Cc1nccn1-c1ccccc1CNC(=O)C1CCN(S(=O)(=O)Cc2ccccc2Cl)CC1. The van der Waals surface area contributed by atoms with Crippen LogP contribution in [-0.4, -0.2) is 41.3 Å². The van der Waals surface area contributed by atoms with Crippen molar-refractivity contribution in [3.63, 3.8) is 0 Å². The first-order chi connectivity index (χ1) is 15.8. The van der Waals surface area contributed by atoms with Gasteiger partial charge in [0.25, 0.3) is 0 Å². The van der Waals surface area contributed by atoms with Gasteiger partial charge in [-0.3, -0.25) is 4.79 Å². The van der Waals surface area contributed by atoms with E-state index in [0.29, 0.717) is 43.1 Å². The fraction of sp³-hybridized carbons (Fsp3) is 0.333. The molecule has 0 aliphatic carbocycles. The first kappa shape index (κ1) is 23.5. The van der Waals surface area contributed by atoms with Crippen LogP contribution in [-0.2, 0) is 27.1 Å². The Hall–Kier alpha value is -2.68. The van der Waals surface area contributed by atoms with Crippen molar-refractivity contribution in [1.29, 1.82) is 0 Å². The summed E-state index contributed by atoms with van der Waals surface area (Å²) in [5.41, 5.74) is 2.56. The molecule has 1 N–H and O–H groups in total. The van der Waals surface area contributed by atoms with Crippen LogP contribution in [0, 0.1) is 12.8 Å². The van der Waals surface area contributed by atoms with Gasteiger partial charge in [-0.2, -0.15) is 0 Å². The first-order valence-corrected chi connectivity index (χ1v) is 12.9. The summed E-state index contributed by atoms with van der Waals surface area (Å²) in [6, 6.07) is 14.9. The predicted octanol–water partition coefficient (Wildman–Crippen LogP) is 3.69. The van der Waals surface area contributed by atoms with Gasteiger partial charge in [-0.25, -0.2) is 17.7 Å². The van der Waals surface area contributed by atoms with Crippen molar-refractivity contribution < 1.29 is 13.2 Å². The second-order valence-corrected chi connectivity index (χ2v) is 10.6. The molecule has 1 saturated heterocycles. The van der Waals surface area contributed by atoms with E-state index >= 15 is 0 Å². The molecule has 0 radical (unpaired) electrons. The van der Waals surface area contributed by atoms with E-state index in [-0.39, 0.29) is 17.6 Å². The topological polar surface area (TPSA) is 84.3 Å². The number of benzene rings is 2. The summed E-state index contributed by atoms with van der Waals surface area (Å²) >= 11 is 6.13. The minimum absolute atomic E-state index is 0.0460. The zero-order valence-electron chi connectivity index (χ0n) is 18.4. The van der Waals surface area contributed by atoms with E-state index < -0.39 is 10.0 Å². The van der Waals surface area contributed by atoms with Crippen LogP contribution in [0.25, 0.3) is 5.69 Å². The molecule has 0 spiro atoms. The van der Waals surface area contributed by atoms with Crippen LogP contribution in [0.3, 0.4) is 0 Å². The Balaban J connectivity index is 1.33. The van der Waals surface area contributed by atoms with Crippen molar-refractivity contribution in [3.8, 4) is 5.69 Å². The Labute approximate surface area is 199 Å². The number of nitrogens with one attached hydrogen (secondary N) is 1. The van der Waals surface area contributed by atoms with Crippen LogP contribution in [0.15, 0.2) is 60.9 Å². The number of aryl methyl sites for hydroxylation is 1. The van der Waals surface area contributed by atoms with Gasteiger partial charge in [-0.1, -0.05) is 48.0 Å². The fourth-order valence-electron chi connectivity index (χ4n) is 4.15. The maximum absolute atomic E-state index is 12.8. The first-order valence-electron chi connectivity index (χ1n) is 10.9. The molecule has 2 heterocycles. The van der Waals surface area contributed by atoms with E-state index in [1.807, 2.05) is 42.0 Å². The van der Waals surface area contributed by atoms with Gasteiger partial charge in [0.05, 0.1) is 11.4 Å². The molecule has 1 aliphatic rings. The molecule has 3 aromatic rings. The molecule has 9 heteroatoms. The number of piperidine rings is 1. The third-order valence-corrected chi connectivity index (χ3v) is 8.24. The lowest BCUT2D eigenvalue weighted by Gasteiger charge is -2.30. The van der Waals surface area contributed by atoms with Crippen LogP contribution >= 0.6 is 11.6 Å². The zero-order chi connectivity index (χ0) is 23.4. The Morgan fingerprint density at radius 3 is 2.42 bits per heavy atom. The van der Waals surface area contributed by atoms with Crippen molar-refractivity contribution in [2.75, 3.05) is 13.1 Å². The molecule has 33 heavy (non-hydrogen) atoms. The van der Waals surface area contributed by atoms with Crippen LogP contribution < -0.4 is 5.32 Å². The van der Waals surface area contributed by atoms with Gasteiger partial charge >= 0.3 is 0 Å². The standard InChI is InChI=1S/C24H27ClN4O3S/c1-18-26-12-15-29(18)23-9-5-3-6-20(23)16-27-24(30)19-10-13-28(14-11-19)33(31,32)17-21-7-2-4-8-22(21)25/h2-9,12,15,19H,10-11,13-14,16-17H2,1H3,(H,27,30). The average molecular weight is 487 g/mol. The number of carbonyl (C=O) groups excluding carboxylic acids is 1. The molecule has 0 bridgehead atoms. The normalized spacial score (nSPS) is 15.5. The average Bonchev–Trinajstić information content (AvgIpc) is 3.25. The highest BCUT2D eigenvalue weighted by Gasteiger charge is 2.31. The Bertz CT molecular complexity index is 1230. The summed E-state index contributed by atoms with van der Waals surface area (Å²) in [6.45, 7) is 2.99. The van der Waals surface area contributed by atoms with E-state index in [1.165, 1.54) is 4.31 Å². The van der Waals surface area contributed by atoms with Crippen LogP contribution in [0.5, 0.6) is 0 Å². The fourth-order valence-corrected chi connectivity index (χ4v) is 6.03. The van der Waals surface area contributed by atoms with Crippen LogP contribution in [0.2, 0.25) is 5.02 Å². The predicted molar refractivity (Wildman–Crippen MR) is 129 cm³/mol. The summed E-state index contributed by atoms with van der Waals surface area (Å²) < 4.78 is 29.1. The third kappa shape index (κ3) is 5.46. The maximum atomic E-state index is 12.8. The second-order valence-electron chi connectivity index (χ2n) is 8.21. The Morgan fingerprint density at radius 2 is 1.76 bits per heavy atom. The number of sulfonamides is 1. The van der Waals surface area contributed by atoms with E-state index in [0.717, 1.165) is 17.1 Å². The Morgan fingerprint density at radius 1 is 1.09 bits per heavy atom. The summed E-state index contributed by atoms with van der Waals surface area (Å²) in [7, 11) is -3.49. The third-order valence-electron chi connectivity index (χ3n) is 6.04. The number of imidazole rings is 1. The Kier molecular flexibility index (Phi) is 7.17. The zero-order valence-corrected chi connectivity index (χ0v) is 20.0. The number of halogens is 1. The number of carbonyl (C=O) groups is 1. The molecule has 1 aliphatic heterocycles. The largest absolute Gasteiger partial charge is 0.352 e. The van der Waals surface area contributed by atoms with Gasteiger partial charge in [0.2, 0.25) is 15.9 Å². The summed E-state index contributed by atoms with van der Waals surface area (Å²) in [5.74, 6) is 0.488. The van der Waals surface area contributed by atoms with Crippen molar-refractivity contribution in [1.82, 2.24) is 19.2 Å². The molecule has 4 rings (SSSR count). The van der Waals surface area contributed by atoms with Crippen molar-refractivity contribution >= 4 is 27.5 Å². The molecule has 1 aromatic heterocycles. The van der Waals surface area contributed by atoms with Crippen LogP contribution in [0.4, 0.5) is 0 Å². The molecule has 0 saturated carbocycles. The van der Waals surface area contributed by atoms with E-state index in [1.54, 1.807) is 30.5 Å². The monoisotopic (exact) mass is 486 g/mol. The van der Waals surface area contributed by atoms with Gasteiger partial charge in [-0.05, 0) is 43.0 Å². The lowest BCUT2D eigenvalue weighted by molar-refractivity contribution is -0.126. The summed E-state index contributed by atoms with van der Waals surface area (Å²) in [4.78, 5) is 17.1. The quantitative estimate of drug-likeness (QED) is 0.552. The number of para-hydroxylation sites is 1. The van der Waals surface area contributed by atoms with Gasteiger partial charge in [0, 0.05) is 43.0 Å². The van der Waals surface area contributed by atoms with Gasteiger partial charge in [0.15, 0.2) is 0 Å². The number of amides is 1. The molecule has 174 valence electrons. The molecule has 1 fully saturated rings. The van der Waals surface area contributed by atoms with E-state index in [9.17, 15) is 13.2 Å². The second kappa shape index (κ2) is 10.1. The summed E-state index contributed by atoms with van der Waals surface area (Å²) in [5, 5.41) is 3.48. The number of rotatable bonds is 7. The van der Waals surface area contributed by atoms with Crippen molar-refractivity contribution in [2.45, 2.75) is 32.1 Å². The molecule has 0 atom stereocenters. The van der Waals surface area contributed by atoms with Gasteiger partial charge in [-0.15, -0.1) is 0 Å². The molecule has 1 amide bonds. The van der Waals surface area contributed by atoms with Crippen molar-refractivity contribution in [2.24, 2.45) is 5.92 Å². The lowest BCUT2D eigenvalue weighted by Crippen LogP contribution is -2.43. The number of aromatic nitrogens is 2. The number of hydrogen-bond donors (Lipinski definition) is 1. The molecule has 2 aromatic carbocycles. The molecule has 7 nitrogen and oxygen atoms in total. The molecular formula is C24H27ClN4O3S. The lowest BCUT2D eigenvalue weighted by atomic mass is 9.97. The van der Waals surface area contributed by atoms with Crippen molar-refractivity contribution in [3.05, 3.63) is 82.9 Å². The maximum Gasteiger partial charge on any atom is 0.223 e. The highest BCUT2D eigenvalue weighted by molar-refractivity contribution is 7.88. The number of nitrogens with zero attached hydrogens (tertiary/aromatic N) is 3.